The van der Waals surface area contributed by atoms with Crippen molar-refractivity contribution in [1.29, 1.82) is 0 Å². The van der Waals surface area contributed by atoms with E-state index in [9.17, 15) is 8.78 Å². The molecule has 0 saturated heterocycles. The molecule has 26 heavy (non-hydrogen) atoms. The molecule has 8 heteroatoms. The minimum Gasteiger partial charge on any atom is -0.495 e. The van der Waals surface area contributed by atoms with E-state index >= 15 is 0 Å². The predicted octanol–water partition coefficient (Wildman–Crippen LogP) is 5.21. The molecule has 2 N–H and O–H groups in total. The molecule has 0 fully saturated rings. The van der Waals surface area contributed by atoms with Crippen LogP contribution >= 0.6 is 11.6 Å². The van der Waals surface area contributed by atoms with Gasteiger partial charge in [0.1, 0.15) is 28.9 Å². The second kappa shape index (κ2) is 7.53. The first-order chi connectivity index (χ1) is 12.5. The van der Waals surface area contributed by atoms with Crippen molar-refractivity contribution in [1.82, 2.24) is 9.97 Å². The Morgan fingerprint density at radius 3 is 2.42 bits per heavy atom. The van der Waals surface area contributed by atoms with Crippen LogP contribution in [0.15, 0.2) is 42.5 Å². The molecule has 0 aliphatic heterocycles. The number of aromatic nitrogens is 2. The minimum atomic E-state index is -0.715. The molecular formula is C18H15ClF2N4O. The van der Waals surface area contributed by atoms with E-state index in [-0.39, 0.29) is 17.5 Å². The number of halogens is 3. The zero-order valence-electron chi connectivity index (χ0n) is 14.0. The first kappa shape index (κ1) is 17.9. The molecule has 1 heterocycles. The summed E-state index contributed by atoms with van der Waals surface area (Å²) in [7, 11) is 1.53. The van der Waals surface area contributed by atoms with Crippen molar-refractivity contribution >= 4 is 34.7 Å². The van der Waals surface area contributed by atoms with E-state index in [0.717, 1.165) is 12.1 Å². The van der Waals surface area contributed by atoms with Gasteiger partial charge < -0.3 is 15.4 Å². The summed E-state index contributed by atoms with van der Waals surface area (Å²) >= 11 is 6.01. The monoisotopic (exact) mass is 376 g/mol. The van der Waals surface area contributed by atoms with Crippen LogP contribution in [0.25, 0.3) is 0 Å². The number of methoxy groups -OCH3 is 1. The summed E-state index contributed by atoms with van der Waals surface area (Å²) in [5.41, 5.74) is 0.883. The first-order valence-electron chi connectivity index (χ1n) is 7.63. The number of hydrogen-bond acceptors (Lipinski definition) is 5. The zero-order valence-corrected chi connectivity index (χ0v) is 14.7. The van der Waals surface area contributed by atoms with E-state index in [1.54, 1.807) is 31.2 Å². The number of anilines is 4. The van der Waals surface area contributed by atoms with E-state index < -0.39 is 11.6 Å². The Labute approximate surface area is 154 Å². The maximum Gasteiger partial charge on any atom is 0.229 e. The maximum absolute atomic E-state index is 13.8. The molecule has 0 atom stereocenters. The van der Waals surface area contributed by atoms with Crippen LogP contribution in [0.4, 0.5) is 31.9 Å². The average molecular weight is 377 g/mol. The normalized spacial score (nSPS) is 10.5. The van der Waals surface area contributed by atoms with Crippen molar-refractivity contribution < 1.29 is 13.5 Å². The SMILES string of the molecule is COc1ccc(Cl)cc1Nc1nc(C)cc(Nc2c(F)cccc2F)n1. The van der Waals surface area contributed by atoms with Crippen molar-refractivity contribution in [2.75, 3.05) is 17.7 Å². The quantitative estimate of drug-likeness (QED) is 0.640. The topological polar surface area (TPSA) is 59.1 Å². The van der Waals surface area contributed by atoms with E-state index in [2.05, 4.69) is 20.6 Å². The highest BCUT2D eigenvalue weighted by molar-refractivity contribution is 6.31. The van der Waals surface area contributed by atoms with E-state index in [4.69, 9.17) is 16.3 Å². The molecule has 0 amide bonds. The predicted molar refractivity (Wildman–Crippen MR) is 97.7 cm³/mol. The van der Waals surface area contributed by atoms with Gasteiger partial charge in [0.25, 0.3) is 0 Å². The van der Waals surface area contributed by atoms with Gasteiger partial charge in [-0.25, -0.2) is 13.8 Å². The summed E-state index contributed by atoms with van der Waals surface area (Å²) in [6.45, 7) is 1.74. The summed E-state index contributed by atoms with van der Waals surface area (Å²) in [5.74, 6) is -0.413. The van der Waals surface area contributed by atoms with Crippen LogP contribution in [-0.4, -0.2) is 17.1 Å². The van der Waals surface area contributed by atoms with Gasteiger partial charge in [0, 0.05) is 16.8 Å². The fourth-order valence-electron chi connectivity index (χ4n) is 2.33. The van der Waals surface area contributed by atoms with Crippen LogP contribution in [0.2, 0.25) is 5.02 Å². The fourth-order valence-corrected chi connectivity index (χ4v) is 2.50. The Balaban J connectivity index is 1.92. The van der Waals surface area contributed by atoms with Gasteiger partial charge in [0.15, 0.2) is 0 Å². The molecule has 0 unspecified atom stereocenters. The zero-order chi connectivity index (χ0) is 18.7. The highest BCUT2D eigenvalue weighted by Crippen LogP contribution is 2.30. The number of aryl methyl sites for hydroxylation is 1. The van der Waals surface area contributed by atoms with Gasteiger partial charge in [0.2, 0.25) is 5.95 Å². The summed E-state index contributed by atoms with van der Waals surface area (Å²) in [6.07, 6.45) is 0. The van der Waals surface area contributed by atoms with Crippen molar-refractivity contribution in [2.24, 2.45) is 0 Å². The number of nitrogens with one attached hydrogen (secondary N) is 2. The summed E-state index contributed by atoms with van der Waals surface area (Å²) in [4.78, 5) is 8.52. The first-order valence-corrected chi connectivity index (χ1v) is 8.01. The van der Waals surface area contributed by atoms with Crippen LogP contribution < -0.4 is 15.4 Å². The summed E-state index contributed by atoms with van der Waals surface area (Å²) < 4.78 is 32.9. The molecule has 0 aliphatic rings. The second-order valence-electron chi connectivity index (χ2n) is 5.41. The molecule has 1 aromatic heterocycles. The van der Waals surface area contributed by atoms with Gasteiger partial charge in [-0.1, -0.05) is 17.7 Å². The molecular weight excluding hydrogens is 362 g/mol. The highest BCUT2D eigenvalue weighted by Gasteiger charge is 2.12. The Kier molecular flexibility index (Phi) is 5.18. The third-order valence-corrected chi connectivity index (χ3v) is 3.71. The van der Waals surface area contributed by atoms with Crippen molar-refractivity contribution in [3.8, 4) is 5.75 Å². The minimum absolute atomic E-state index is 0.227. The van der Waals surface area contributed by atoms with Gasteiger partial charge in [-0.2, -0.15) is 4.98 Å². The molecule has 0 bridgehead atoms. The number of hydrogen-bond donors (Lipinski definition) is 2. The van der Waals surface area contributed by atoms with Crippen LogP contribution in [0.5, 0.6) is 5.75 Å². The van der Waals surface area contributed by atoms with Crippen LogP contribution in [0, 0.1) is 18.6 Å². The van der Waals surface area contributed by atoms with Gasteiger partial charge in [-0.3, -0.25) is 0 Å². The lowest BCUT2D eigenvalue weighted by molar-refractivity contribution is 0.417. The molecule has 0 saturated carbocycles. The van der Waals surface area contributed by atoms with E-state index in [1.165, 1.54) is 13.2 Å². The van der Waals surface area contributed by atoms with E-state index in [0.29, 0.717) is 22.2 Å². The average Bonchev–Trinajstić information content (AvgIpc) is 2.58. The largest absolute Gasteiger partial charge is 0.495 e. The second-order valence-corrected chi connectivity index (χ2v) is 5.85. The number of rotatable bonds is 5. The number of para-hydroxylation sites is 1. The van der Waals surface area contributed by atoms with Gasteiger partial charge in [0.05, 0.1) is 12.8 Å². The maximum atomic E-state index is 13.8. The number of ether oxygens (including phenoxy) is 1. The smallest absolute Gasteiger partial charge is 0.229 e. The Hall–Kier alpha value is -2.93. The van der Waals surface area contributed by atoms with Crippen molar-refractivity contribution in [3.63, 3.8) is 0 Å². The molecule has 2 aromatic carbocycles. The van der Waals surface area contributed by atoms with Crippen LogP contribution in [0.1, 0.15) is 5.69 Å². The van der Waals surface area contributed by atoms with Crippen LogP contribution in [0.3, 0.4) is 0 Å². The van der Waals surface area contributed by atoms with Crippen molar-refractivity contribution in [3.05, 3.63) is 64.8 Å². The highest BCUT2D eigenvalue weighted by atomic mass is 35.5. The Morgan fingerprint density at radius 1 is 1.00 bits per heavy atom. The summed E-state index contributed by atoms with van der Waals surface area (Å²) in [5, 5.41) is 6.16. The molecule has 0 spiro atoms. The molecule has 0 radical (unpaired) electrons. The Bertz CT molecular complexity index is 932. The van der Waals surface area contributed by atoms with E-state index in [1.807, 2.05) is 0 Å². The molecule has 134 valence electrons. The lowest BCUT2D eigenvalue weighted by Crippen LogP contribution is -2.05. The van der Waals surface area contributed by atoms with Gasteiger partial charge in [-0.05, 0) is 37.3 Å². The third kappa shape index (κ3) is 4.00. The van der Waals surface area contributed by atoms with Gasteiger partial charge >= 0.3 is 0 Å². The lowest BCUT2D eigenvalue weighted by Gasteiger charge is -2.13. The molecule has 0 aliphatic carbocycles. The summed E-state index contributed by atoms with van der Waals surface area (Å²) in [6, 6.07) is 10.2. The fraction of sp³-hybridized carbons (Fsp3) is 0.111. The standard InChI is InChI=1S/C18H15ClF2N4O/c1-10-8-16(24-17-12(20)4-3-5-13(17)21)25-18(22-10)23-14-9-11(19)6-7-15(14)26-2/h3-9H,1-2H3,(H2,22,23,24,25). The third-order valence-electron chi connectivity index (χ3n) is 3.48. The number of benzene rings is 2. The Morgan fingerprint density at radius 2 is 1.73 bits per heavy atom. The van der Waals surface area contributed by atoms with Gasteiger partial charge in [-0.15, -0.1) is 0 Å². The lowest BCUT2D eigenvalue weighted by atomic mass is 10.3. The van der Waals surface area contributed by atoms with Crippen molar-refractivity contribution in [2.45, 2.75) is 6.92 Å². The molecule has 5 nitrogen and oxygen atoms in total. The van der Waals surface area contributed by atoms with Crippen LogP contribution in [-0.2, 0) is 0 Å². The molecule has 3 rings (SSSR count). The molecule has 3 aromatic rings. The number of nitrogens with zero attached hydrogens (tertiary/aromatic N) is 2.